The van der Waals surface area contributed by atoms with Crippen LogP contribution in [0.4, 0.5) is 4.79 Å². The lowest BCUT2D eigenvalue weighted by Gasteiger charge is -2.28. The number of carbonyl (C=O) groups excluding carboxylic acids is 3. The Kier molecular flexibility index (Phi) is 6.34. The second-order valence-electron chi connectivity index (χ2n) is 6.50. The molecule has 0 saturated carbocycles. The number of carbonyl (C=O) groups is 3. The van der Waals surface area contributed by atoms with Gasteiger partial charge in [0.1, 0.15) is 12.2 Å². The Balaban J connectivity index is 1.90. The lowest BCUT2D eigenvalue weighted by atomic mass is 10.1. The minimum atomic E-state index is -0.680. The molecule has 0 aromatic heterocycles. The summed E-state index contributed by atoms with van der Waals surface area (Å²) in [6, 6.07) is 9.36. The van der Waals surface area contributed by atoms with E-state index in [4.69, 9.17) is 32.7 Å². The summed E-state index contributed by atoms with van der Waals surface area (Å²) in [4.78, 5) is 38.4. The predicted octanol–water partition coefficient (Wildman–Crippen LogP) is 4.01. The number of barbiturate groups is 1. The fourth-order valence-corrected chi connectivity index (χ4v) is 3.29. The molecule has 1 fully saturated rings. The monoisotopic (exact) mass is 448 g/mol. The van der Waals surface area contributed by atoms with Crippen molar-refractivity contribution in [2.24, 2.45) is 0 Å². The van der Waals surface area contributed by atoms with E-state index >= 15 is 0 Å². The summed E-state index contributed by atoms with van der Waals surface area (Å²) in [5, 5.41) is 0.985. The average Bonchev–Trinajstić information content (AvgIpc) is 2.73. The third kappa shape index (κ3) is 4.27. The Hall–Kier alpha value is -3.03. The highest BCUT2D eigenvalue weighted by Gasteiger charge is 2.37. The van der Waals surface area contributed by atoms with Gasteiger partial charge in [-0.15, -0.1) is 0 Å². The first-order valence-corrected chi connectivity index (χ1v) is 9.55. The van der Waals surface area contributed by atoms with Gasteiger partial charge in [-0.25, -0.2) is 4.79 Å². The zero-order chi connectivity index (χ0) is 22.0. The molecule has 1 saturated heterocycles. The van der Waals surface area contributed by atoms with E-state index in [1.165, 1.54) is 27.3 Å². The Bertz CT molecular complexity index is 1040. The van der Waals surface area contributed by atoms with E-state index in [9.17, 15) is 14.4 Å². The third-order valence-electron chi connectivity index (χ3n) is 4.54. The van der Waals surface area contributed by atoms with E-state index in [-0.39, 0.29) is 12.2 Å². The first-order chi connectivity index (χ1) is 14.2. The van der Waals surface area contributed by atoms with Gasteiger partial charge in [0.2, 0.25) is 0 Å². The first-order valence-electron chi connectivity index (χ1n) is 8.79. The number of hydrogen-bond donors (Lipinski definition) is 0. The van der Waals surface area contributed by atoms with E-state index in [0.717, 1.165) is 15.4 Å². The van der Waals surface area contributed by atoms with Gasteiger partial charge in [-0.05, 0) is 35.9 Å². The Labute approximate surface area is 183 Å². The van der Waals surface area contributed by atoms with Crippen molar-refractivity contribution in [2.75, 3.05) is 21.2 Å². The summed E-state index contributed by atoms with van der Waals surface area (Å²) >= 11 is 12.1. The molecule has 0 spiro atoms. The molecule has 7 nitrogen and oxygen atoms in total. The molecule has 1 aliphatic rings. The van der Waals surface area contributed by atoms with Crippen LogP contribution in [0.15, 0.2) is 42.0 Å². The molecule has 2 aromatic carbocycles. The van der Waals surface area contributed by atoms with Gasteiger partial charge in [0, 0.05) is 29.7 Å². The second-order valence-corrected chi connectivity index (χ2v) is 7.35. The maximum Gasteiger partial charge on any atom is 0.333 e. The number of benzene rings is 2. The maximum atomic E-state index is 12.4. The van der Waals surface area contributed by atoms with E-state index < -0.39 is 17.8 Å². The molecule has 4 amide bonds. The molecule has 0 unspecified atom stereocenters. The number of methoxy groups -OCH3 is 1. The first kappa shape index (κ1) is 21.7. The summed E-state index contributed by atoms with van der Waals surface area (Å²) < 4.78 is 11.2. The largest absolute Gasteiger partial charge is 0.493 e. The topological polar surface area (TPSA) is 76.2 Å². The van der Waals surface area contributed by atoms with Gasteiger partial charge in [0.05, 0.1) is 7.11 Å². The lowest BCUT2D eigenvalue weighted by molar-refractivity contribution is -0.134. The molecule has 2 aromatic rings. The Morgan fingerprint density at radius 3 is 2.20 bits per heavy atom. The third-order valence-corrected chi connectivity index (χ3v) is 5.13. The van der Waals surface area contributed by atoms with Crippen molar-refractivity contribution in [3.63, 3.8) is 0 Å². The summed E-state index contributed by atoms with van der Waals surface area (Å²) in [6.07, 6.45) is 1.41. The van der Waals surface area contributed by atoms with Crippen LogP contribution in [-0.4, -0.2) is 48.9 Å². The molecule has 1 heterocycles. The van der Waals surface area contributed by atoms with Gasteiger partial charge in [0.15, 0.2) is 11.5 Å². The zero-order valence-corrected chi connectivity index (χ0v) is 18.0. The fourth-order valence-electron chi connectivity index (χ4n) is 2.83. The molecule has 0 N–H and O–H groups in total. The molecule has 3 rings (SSSR count). The van der Waals surface area contributed by atoms with Crippen LogP contribution in [0.1, 0.15) is 11.1 Å². The minimum absolute atomic E-state index is 0.128. The number of imide groups is 2. The molecular formula is C21H18Cl2N2O5. The SMILES string of the molecule is COc1ccc(C=C2C(=O)N(C)C(=O)N(C)C2=O)cc1OCc1ccc(Cl)cc1Cl. The van der Waals surface area contributed by atoms with Gasteiger partial charge in [-0.3, -0.25) is 19.4 Å². The van der Waals surface area contributed by atoms with Crippen LogP contribution >= 0.6 is 23.2 Å². The van der Waals surface area contributed by atoms with Crippen LogP contribution in [0.25, 0.3) is 6.08 Å². The van der Waals surface area contributed by atoms with E-state index in [2.05, 4.69) is 0 Å². The average molecular weight is 449 g/mol. The number of halogens is 2. The molecule has 156 valence electrons. The molecule has 30 heavy (non-hydrogen) atoms. The van der Waals surface area contributed by atoms with E-state index in [1.54, 1.807) is 36.4 Å². The lowest BCUT2D eigenvalue weighted by Crippen LogP contribution is -2.52. The molecule has 0 radical (unpaired) electrons. The summed E-state index contributed by atoms with van der Waals surface area (Å²) in [5.74, 6) is -0.483. The van der Waals surface area contributed by atoms with Crippen LogP contribution in [0.5, 0.6) is 11.5 Å². The Morgan fingerprint density at radius 2 is 1.60 bits per heavy atom. The van der Waals surface area contributed by atoms with Crippen molar-refractivity contribution in [2.45, 2.75) is 6.61 Å². The maximum absolute atomic E-state index is 12.4. The predicted molar refractivity (Wildman–Crippen MR) is 113 cm³/mol. The van der Waals surface area contributed by atoms with Crippen molar-refractivity contribution in [1.82, 2.24) is 9.80 Å². The standard InChI is InChI=1S/C21H18Cl2N2O5/c1-24-19(26)15(20(27)25(2)21(24)28)8-12-4-7-17(29-3)18(9-12)30-11-13-5-6-14(22)10-16(13)23/h4-10H,11H2,1-3H3. The fraction of sp³-hybridized carbons (Fsp3) is 0.190. The van der Waals surface area contributed by atoms with Crippen molar-refractivity contribution < 1.29 is 23.9 Å². The number of rotatable bonds is 5. The van der Waals surface area contributed by atoms with Crippen LogP contribution in [0.2, 0.25) is 10.0 Å². The molecule has 0 bridgehead atoms. The van der Waals surface area contributed by atoms with Gasteiger partial charge in [-0.2, -0.15) is 0 Å². The van der Waals surface area contributed by atoms with Crippen LogP contribution < -0.4 is 9.47 Å². The van der Waals surface area contributed by atoms with Crippen molar-refractivity contribution in [3.8, 4) is 11.5 Å². The number of ether oxygens (including phenoxy) is 2. The zero-order valence-electron chi connectivity index (χ0n) is 16.4. The Morgan fingerprint density at radius 1 is 0.933 bits per heavy atom. The van der Waals surface area contributed by atoms with Gasteiger partial charge < -0.3 is 9.47 Å². The van der Waals surface area contributed by atoms with Crippen LogP contribution in [0.3, 0.4) is 0 Å². The van der Waals surface area contributed by atoms with Gasteiger partial charge >= 0.3 is 6.03 Å². The van der Waals surface area contributed by atoms with Crippen molar-refractivity contribution >= 4 is 47.1 Å². The molecule has 1 aliphatic heterocycles. The van der Waals surface area contributed by atoms with Crippen molar-refractivity contribution in [3.05, 3.63) is 63.1 Å². The smallest absolute Gasteiger partial charge is 0.333 e. The molecule has 0 aliphatic carbocycles. The molecule has 0 atom stereocenters. The number of urea groups is 1. The van der Waals surface area contributed by atoms with Gasteiger partial charge in [-0.1, -0.05) is 35.3 Å². The highest BCUT2D eigenvalue weighted by molar-refractivity contribution is 6.35. The normalized spacial score (nSPS) is 14.3. The molecule has 9 heteroatoms. The van der Waals surface area contributed by atoms with Crippen LogP contribution in [-0.2, 0) is 16.2 Å². The van der Waals surface area contributed by atoms with Crippen LogP contribution in [0, 0.1) is 0 Å². The van der Waals surface area contributed by atoms with E-state index in [1.807, 2.05) is 0 Å². The molecular weight excluding hydrogens is 431 g/mol. The second kappa shape index (κ2) is 8.77. The van der Waals surface area contributed by atoms with Gasteiger partial charge in [0.25, 0.3) is 11.8 Å². The quantitative estimate of drug-likeness (QED) is 0.509. The summed E-state index contributed by atoms with van der Waals surface area (Å²) in [7, 11) is 4.14. The summed E-state index contributed by atoms with van der Waals surface area (Å²) in [5.41, 5.74) is 1.13. The highest BCUT2D eigenvalue weighted by atomic mass is 35.5. The number of nitrogens with zero attached hydrogens (tertiary/aromatic N) is 2. The number of hydrogen-bond acceptors (Lipinski definition) is 5. The number of likely N-dealkylation sites (N-methyl/N-ethyl adjacent to an activating group) is 2. The highest BCUT2D eigenvalue weighted by Crippen LogP contribution is 2.31. The van der Waals surface area contributed by atoms with E-state index in [0.29, 0.717) is 27.1 Å². The number of amides is 4. The summed E-state index contributed by atoms with van der Waals surface area (Å²) in [6.45, 7) is 0.157. The minimum Gasteiger partial charge on any atom is -0.493 e. The van der Waals surface area contributed by atoms with Crippen molar-refractivity contribution in [1.29, 1.82) is 0 Å².